The highest BCUT2D eigenvalue weighted by Crippen LogP contribution is 2.28. The van der Waals surface area contributed by atoms with E-state index < -0.39 is 5.41 Å². The van der Waals surface area contributed by atoms with Crippen molar-refractivity contribution in [3.05, 3.63) is 62.8 Å². The number of carbonyl (C=O) groups is 1. The van der Waals surface area contributed by atoms with Crippen LogP contribution in [0.2, 0.25) is 0 Å². The lowest BCUT2D eigenvalue weighted by molar-refractivity contribution is 0.0949. The summed E-state index contributed by atoms with van der Waals surface area (Å²) in [4.78, 5) is 32.1. The Bertz CT molecular complexity index is 1010. The molecule has 0 fully saturated rings. The van der Waals surface area contributed by atoms with E-state index in [4.69, 9.17) is 0 Å². The summed E-state index contributed by atoms with van der Waals surface area (Å²) in [6.45, 7) is 5.74. The molecule has 0 radical (unpaired) electrons. The summed E-state index contributed by atoms with van der Waals surface area (Å²) < 4.78 is 14.0. The van der Waals surface area contributed by atoms with E-state index in [9.17, 15) is 14.0 Å². The Morgan fingerprint density at radius 3 is 2.76 bits per heavy atom. The van der Waals surface area contributed by atoms with Crippen LogP contribution in [-0.4, -0.2) is 22.4 Å². The van der Waals surface area contributed by atoms with Crippen molar-refractivity contribution in [2.45, 2.75) is 26.2 Å². The van der Waals surface area contributed by atoms with Crippen LogP contribution in [0.15, 0.2) is 35.4 Å². The average Bonchev–Trinajstić information content (AvgIpc) is 2.91. The lowest BCUT2D eigenvalue weighted by Gasteiger charge is -2.26. The number of amides is 1. The third-order valence-corrected chi connectivity index (χ3v) is 5.43. The van der Waals surface area contributed by atoms with Gasteiger partial charge in [0.2, 0.25) is 0 Å². The Hall–Kier alpha value is -2.54. The molecular weight excluding hydrogens is 341 g/mol. The van der Waals surface area contributed by atoms with Gasteiger partial charge in [-0.05, 0) is 24.1 Å². The number of hydrogen-bond acceptors (Lipinski definition) is 4. The summed E-state index contributed by atoms with van der Waals surface area (Å²) in [6.07, 6.45) is 1.32. The SMILES string of the molecule is Cc1c(C(=O)NCC(C)(C)c2ccccc2F)sc2nc[nH]c(=O)c12. The molecule has 0 aliphatic heterocycles. The number of thiophene rings is 1. The van der Waals surface area contributed by atoms with E-state index >= 15 is 0 Å². The number of aryl methyl sites for hydroxylation is 1. The largest absolute Gasteiger partial charge is 0.350 e. The van der Waals surface area contributed by atoms with Crippen LogP contribution in [0.1, 0.15) is 34.6 Å². The number of nitrogens with zero attached hydrogens (tertiary/aromatic N) is 1. The van der Waals surface area contributed by atoms with Gasteiger partial charge in [-0.15, -0.1) is 11.3 Å². The first-order valence-electron chi connectivity index (χ1n) is 7.81. The topological polar surface area (TPSA) is 74.8 Å². The summed E-state index contributed by atoms with van der Waals surface area (Å²) in [5.41, 5.74) is 0.322. The standard InChI is InChI=1S/C18H18FN3O2S/c1-10-13-15(23)21-9-22-17(13)25-14(10)16(24)20-8-18(2,3)11-6-4-5-7-12(11)19/h4-7,9H,8H2,1-3H3,(H,20,24)(H,21,22,23). The minimum Gasteiger partial charge on any atom is -0.350 e. The molecule has 3 rings (SSSR count). The maximum absolute atomic E-state index is 14.0. The first-order valence-corrected chi connectivity index (χ1v) is 8.63. The van der Waals surface area contributed by atoms with Gasteiger partial charge in [-0.1, -0.05) is 32.0 Å². The van der Waals surface area contributed by atoms with Crippen LogP contribution in [-0.2, 0) is 5.41 Å². The van der Waals surface area contributed by atoms with Gasteiger partial charge in [0, 0.05) is 12.0 Å². The number of halogens is 1. The molecule has 130 valence electrons. The fourth-order valence-electron chi connectivity index (χ4n) is 2.78. The van der Waals surface area contributed by atoms with E-state index in [1.165, 1.54) is 23.7 Å². The van der Waals surface area contributed by atoms with Crippen LogP contribution < -0.4 is 10.9 Å². The first kappa shape index (κ1) is 17.3. The summed E-state index contributed by atoms with van der Waals surface area (Å²) in [6, 6.07) is 6.54. The maximum atomic E-state index is 14.0. The predicted octanol–water partition coefficient (Wildman–Crippen LogP) is 3.14. The van der Waals surface area contributed by atoms with Crippen LogP contribution in [0, 0.1) is 12.7 Å². The summed E-state index contributed by atoms with van der Waals surface area (Å²) in [5.74, 6) is -0.583. The van der Waals surface area contributed by atoms with E-state index in [-0.39, 0.29) is 23.8 Å². The Morgan fingerprint density at radius 1 is 1.36 bits per heavy atom. The average molecular weight is 359 g/mol. The number of nitrogens with one attached hydrogen (secondary N) is 2. The van der Waals surface area contributed by atoms with Gasteiger partial charge in [0.15, 0.2) is 0 Å². The van der Waals surface area contributed by atoms with Crippen molar-refractivity contribution in [2.24, 2.45) is 0 Å². The highest BCUT2D eigenvalue weighted by molar-refractivity contribution is 7.20. The van der Waals surface area contributed by atoms with Crippen molar-refractivity contribution in [3.8, 4) is 0 Å². The van der Waals surface area contributed by atoms with Crippen LogP contribution in [0.5, 0.6) is 0 Å². The number of fused-ring (bicyclic) bond motifs is 1. The Labute approximate surface area is 147 Å². The lowest BCUT2D eigenvalue weighted by Crippen LogP contribution is -2.37. The summed E-state index contributed by atoms with van der Waals surface area (Å²) >= 11 is 1.18. The Kier molecular flexibility index (Phi) is 4.43. The molecule has 0 spiro atoms. The highest BCUT2D eigenvalue weighted by Gasteiger charge is 2.26. The van der Waals surface area contributed by atoms with Gasteiger partial charge in [0.05, 0.1) is 16.6 Å². The third kappa shape index (κ3) is 3.19. The number of aromatic nitrogens is 2. The quantitative estimate of drug-likeness (QED) is 0.751. The molecule has 1 amide bonds. The fourth-order valence-corrected chi connectivity index (χ4v) is 3.85. The first-order chi connectivity index (χ1) is 11.8. The molecule has 5 nitrogen and oxygen atoms in total. The lowest BCUT2D eigenvalue weighted by atomic mass is 9.84. The van der Waals surface area contributed by atoms with Gasteiger partial charge >= 0.3 is 0 Å². The number of carbonyl (C=O) groups excluding carboxylic acids is 1. The van der Waals surface area contributed by atoms with E-state index in [0.717, 1.165) is 0 Å². The van der Waals surface area contributed by atoms with E-state index in [2.05, 4.69) is 15.3 Å². The Morgan fingerprint density at radius 2 is 2.08 bits per heavy atom. The van der Waals surface area contributed by atoms with E-state index in [1.54, 1.807) is 25.1 Å². The second-order valence-corrected chi connectivity index (χ2v) is 7.51. The Balaban J connectivity index is 1.84. The van der Waals surface area contributed by atoms with Crippen molar-refractivity contribution >= 4 is 27.5 Å². The molecule has 0 bridgehead atoms. The van der Waals surface area contributed by atoms with Crippen LogP contribution >= 0.6 is 11.3 Å². The zero-order valence-electron chi connectivity index (χ0n) is 14.1. The highest BCUT2D eigenvalue weighted by atomic mass is 32.1. The smallest absolute Gasteiger partial charge is 0.261 e. The van der Waals surface area contributed by atoms with Crippen molar-refractivity contribution < 1.29 is 9.18 Å². The predicted molar refractivity (Wildman–Crippen MR) is 96.7 cm³/mol. The van der Waals surface area contributed by atoms with E-state index in [1.807, 2.05) is 13.8 Å². The number of aromatic amines is 1. The normalized spacial score (nSPS) is 11.7. The van der Waals surface area contributed by atoms with Crippen molar-refractivity contribution in [1.82, 2.24) is 15.3 Å². The molecule has 2 heterocycles. The summed E-state index contributed by atoms with van der Waals surface area (Å²) in [5, 5.41) is 3.29. The number of rotatable bonds is 4. The second kappa shape index (κ2) is 6.40. The summed E-state index contributed by atoms with van der Waals surface area (Å²) in [7, 11) is 0. The minimum absolute atomic E-state index is 0.260. The zero-order chi connectivity index (χ0) is 18.2. The minimum atomic E-state index is -0.568. The molecule has 2 N–H and O–H groups in total. The number of H-pyrrole nitrogens is 1. The molecule has 25 heavy (non-hydrogen) atoms. The molecule has 2 aromatic heterocycles. The van der Waals surface area contributed by atoms with Crippen LogP contribution in [0.4, 0.5) is 4.39 Å². The maximum Gasteiger partial charge on any atom is 0.261 e. The van der Waals surface area contributed by atoms with Crippen molar-refractivity contribution in [1.29, 1.82) is 0 Å². The zero-order valence-corrected chi connectivity index (χ0v) is 15.0. The molecule has 7 heteroatoms. The molecule has 3 aromatic rings. The molecule has 0 aliphatic rings. The van der Waals surface area contributed by atoms with Gasteiger partial charge < -0.3 is 10.3 Å². The van der Waals surface area contributed by atoms with Gasteiger partial charge in [0.25, 0.3) is 11.5 Å². The molecule has 0 aliphatic carbocycles. The van der Waals surface area contributed by atoms with Gasteiger partial charge in [-0.3, -0.25) is 9.59 Å². The molecule has 1 aromatic carbocycles. The van der Waals surface area contributed by atoms with Crippen LogP contribution in [0.25, 0.3) is 10.2 Å². The monoisotopic (exact) mass is 359 g/mol. The van der Waals surface area contributed by atoms with Crippen molar-refractivity contribution in [3.63, 3.8) is 0 Å². The van der Waals surface area contributed by atoms with Gasteiger partial charge in [0.1, 0.15) is 10.6 Å². The molecule has 0 saturated carbocycles. The molecule has 0 atom stereocenters. The fraction of sp³-hybridized carbons (Fsp3) is 0.278. The van der Waals surface area contributed by atoms with Crippen LogP contribution in [0.3, 0.4) is 0 Å². The molecular formula is C18H18FN3O2S. The number of benzene rings is 1. The second-order valence-electron chi connectivity index (χ2n) is 6.51. The molecule has 0 unspecified atom stereocenters. The third-order valence-electron chi connectivity index (χ3n) is 4.23. The van der Waals surface area contributed by atoms with Gasteiger partial charge in [-0.2, -0.15) is 0 Å². The van der Waals surface area contributed by atoms with E-state index in [0.29, 0.717) is 26.2 Å². The van der Waals surface area contributed by atoms with Crippen molar-refractivity contribution in [2.75, 3.05) is 6.54 Å². The molecule has 0 saturated heterocycles. The van der Waals surface area contributed by atoms with Gasteiger partial charge in [-0.25, -0.2) is 9.37 Å². The number of hydrogen-bond donors (Lipinski definition) is 2.